The summed E-state index contributed by atoms with van der Waals surface area (Å²) in [5.41, 5.74) is 8.25. The number of nitrogens with two attached hydrogens (primary N) is 1. The molecule has 15 heteroatoms. The summed E-state index contributed by atoms with van der Waals surface area (Å²) in [7, 11) is 5.01. The molecular weight excluding hydrogens is 702 g/mol. The molecule has 0 radical (unpaired) electrons. The molecule has 3 aromatic carbocycles. The number of esters is 1. The number of carbonyl (C=O) groups is 5. The van der Waals surface area contributed by atoms with E-state index < -0.39 is 29.9 Å². The number of benzene rings is 3. The Bertz CT molecular complexity index is 1830. The van der Waals surface area contributed by atoms with E-state index in [9.17, 15) is 29.1 Å². The van der Waals surface area contributed by atoms with Gasteiger partial charge in [0.2, 0.25) is 5.91 Å². The lowest BCUT2D eigenvalue weighted by Gasteiger charge is -2.32. The number of imide groups is 1. The van der Waals surface area contributed by atoms with E-state index in [0.717, 1.165) is 31.1 Å². The van der Waals surface area contributed by atoms with Crippen molar-refractivity contribution in [3.63, 3.8) is 0 Å². The smallest absolute Gasteiger partial charge is 0.335 e. The minimum atomic E-state index is -1.24. The summed E-state index contributed by atoms with van der Waals surface area (Å²) in [5.74, 6) is -2.68. The largest absolute Gasteiger partial charge is 0.478 e. The Morgan fingerprint density at radius 3 is 2.25 bits per heavy atom. The molecule has 4 amide bonds. The van der Waals surface area contributed by atoms with Crippen molar-refractivity contribution >= 4 is 70.5 Å². The molecule has 0 aromatic heterocycles. The zero-order valence-electron chi connectivity index (χ0n) is 30.0. The quantitative estimate of drug-likeness (QED) is 0.114. The van der Waals surface area contributed by atoms with E-state index in [4.69, 9.17) is 10.5 Å². The number of fused-ring (bicyclic) bond motifs is 1. The number of carboxylic acid groups (broad SMARTS) is 1. The van der Waals surface area contributed by atoms with Crippen LogP contribution in [0.15, 0.2) is 72.8 Å². The van der Waals surface area contributed by atoms with Crippen molar-refractivity contribution in [3.8, 4) is 0 Å². The van der Waals surface area contributed by atoms with Crippen molar-refractivity contribution < 1.29 is 33.8 Å². The summed E-state index contributed by atoms with van der Waals surface area (Å²) in [6, 6.07) is 18.4. The number of aromatic carboxylic acids is 1. The summed E-state index contributed by atoms with van der Waals surface area (Å²) >= 11 is 0. The van der Waals surface area contributed by atoms with Crippen LogP contribution in [0.4, 0.5) is 21.9 Å². The molecule has 5 rings (SSSR count). The Labute approximate surface area is 314 Å². The summed E-state index contributed by atoms with van der Waals surface area (Å²) in [5, 5.41) is 15.8. The number of carboxylic acids is 1. The van der Waals surface area contributed by atoms with Gasteiger partial charge in [0.25, 0.3) is 5.91 Å². The fourth-order valence-corrected chi connectivity index (χ4v) is 6.18. The van der Waals surface area contributed by atoms with Crippen molar-refractivity contribution in [2.45, 2.75) is 25.3 Å². The number of anilines is 3. The predicted octanol–water partition coefficient (Wildman–Crippen LogP) is 3.72. The normalized spacial score (nSPS) is 15.8. The third kappa shape index (κ3) is 9.59. The lowest BCUT2D eigenvalue weighted by Crippen LogP contribution is -2.49. The van der Waals surface area contributed by atoms with Crippen molar-refractivity contribution in [3.05, 3.63) is 89.5 Å². The summed E-state index contributed by atoms with van der Waals surface area (Å²) in [4.78, 5) is 72.8. The SMILES string of the molecule is COC(=O)C(CCCCN)NC(=O)N1C(=O)/C(=C(\Nc2ccc(N(C)C(=O)CN3CCN(C)CC3)cc2)c2ccccc2)c2ccc(C(=O)O)cc21.Cl. The molecule has 2 aliphatic heterocycles. The van der Waals surface area contributed by atoms with Crippen molar-refractivity contribution in [1.29, 1.82) is 0 Å². The molecule has 0 saturated carbocycles. The number of amides is 4. The molecule has 1 saturated heterocycles. The fourth-order valence-electron chi connectivity index (χ4n) is 6.18. The number of halogens is 1. The van der Waals surface area contributed by atoms with Gasteiger partial charge in [-0.15, -0.1) is 12.4 Å². The molecule has 0 aliphatic carbocycles. The van der Waals surface area contributed by atoms with Gasteiger partial charge in [0.15, 0.2) is 0 Å². The number of nitrogens with one attached hydrogen (secondary N) is 2. The van der Waals surface area contributed by atoms with Gasteiger partial charge < -0.3 is 36.0 Å². The van der Waals surface area contributed by atoms with Gasteiger partial charge in [0.05, 0.1) is 36.2 Å². The number of nitrogens with zero attached hydrogens (tertiary/aromatic N) is 4. The first-order valence-corrected chi connectivity index (χ1v) is 17.2. The summed E-state index contributed by atoms with van der Waals surface area (Å²) in [6.07, 6.45) is 1.36. The van der Waals surface area contributed by atoms with Crippen LogP contribution >= 0.6 is 12.4 Å². The van der Waals surface area contributed by atoms with Crippen LogP contribution < -0.4 is 26.2 Å². The van der Waals surface area contributed by atoms with Crippen LogP contribution in [0.5, 0.6) is 0 Å². The minimum absolute atomic E-state index is 0. The predicted molar refractivity (Wildman–Crippen MR) is 206 cm³/mol. The number of methoxy groups -OCH3 is 1. The zero-order chi connectivity index (χ0) is 37.4. The second kappa shape index (κ2) is 18.5. The molecule has 53 heavy (non-hydrogen) atoms. The van der Waals surface area contributed by atoms with Crippen molar-refractivity contribution in [2.75, 3.05) is 75.6 Å². The number of hydrogen-bond acceptors (Lipinski definition) is 10. The van der Waals surface area contributed by atoms with E-state index >= 15 is 0 Å². The molecule has 0 spiro atoms. The molecule has 5 N–H and O–H groups in total. The van der Waals surface area contributed by atoms with E-state index in [2.05, 4.69) is 27.5 Å². The first-order valence-electron chi connectivity index (χ1n) is 17.2. The average Bonchev–Trinajstić information content (AvgIpc) is 3.44. The zero-order valence-corrected chi connectivity index (χ0v) is 30.9. The topological polar surface area (TPSA) is 178 Å². The third-order valence-corrected chi connectivity index (χ3v) is 9.27. The van der Waals surface area contributed by atoms with E-state index in [1.807, 2.05) is 18.2 Å². The number of rotatable bonds is 13. The highest BCUT2D eigenvalue weighted by Gasteiger charge is 2.41. The van der Waals surface area contributed by atoms with E-state index in [1.54, 1.807) is 48.3 Å². The Balaban J connectivity index is 0.00000627. The van der Waals surface area contributed by atoms with Crippen molar-refractivity contribution in [2.24, 2.45) is 5.73 Å². The van der Waals surface area contributed by atoms with Gasteiger partial charge in [0.1, 0.15) is 6.04 Å². The fraction of sp³-hybridized carbons (Fsp3) is 0.342. The Hall–Kier alpha value is -5.28. The van der Waals surface area contributed by atoms with Gasteiger partial charge in [0, 0.05) is 50.2 Å². The minimum Gasteiger partial charge on any atom is -0.478 e. The maximum absolute atomic E-state index is 14.4. The third-order valence-electron chi connectivity index (χ3n) is 9.27. The molecule has 3 aromatic rings. The Morgan fingerprint density at radius 2 is 1.62 bits per heavy atom. The summed E-state index contributed by atoms with van der Waals surface area (Å²) < 4.78 is 4.90. The molecule has 1 fully saturated rings. The highest BCUT2D eigenvalue weighted by molar-refractivity contribution is 6.44. The monoisotopic (exact) mass is 747 g/mol. The molecule has 0 bridgehead atoms. The van der Waals surface area contributed by atoms with Gasteiger partial charge in [-0.25, -0.2) is 19.3 Å². The number of urea groups is 1. The van der Waals surface area contributed by atoms with Crippen LogP contribution in [0.2, 0.25) is 0 Å². The Kier molecular flexibility index (Phi) is 14.1. The van der Waals surface area contributed by atoms with Gasteiger partial charge in [-0.3, -0.25) is 14.5 Å². The Morgan fingerprint density at radius 1 is 0.943 bits per heavy atom. The van der Waals surface area contributed by atoms with Crippen LogP contribution in [0, 0.1) is 0 Å². The lowest BCUT2D eigenvalue weighted by molar-refractivity contribution is -0.143. The second-order valence-electron chi connectivity index (χ2n) is 12.8. The van der Waals surface area contributed by atoms with Crippen LogP contribution in [0.1, 0.15) is 40.7 Å². The maximum Gasteiger partial charge on any atom is 0.335 e. The summed E-state index contributed by atoms with van der Waals surface area (Å²) in [6.45, 7) is 4.20. The molecular formula is C38H46ClN7O7. The van der Waals surface area contributed by atoms with Crippen LogP contribution in [0.25, 0.3) is 11.3 Å². The van der Waals surface area contributed by atoms with E-state index in [0.29, 0.717) is 54.1 Å². The molecule has 2 aliphatic rings. The molecule has 14 nitrogen and oxygen atoms in total. The lowest BCUT2D eigenvalue weighted by atomic mass is 9.99. The average molecular weight is 748 g/mol. The number of piperazine rings is 1. The molecule has 282 valence electrons. The van der Waals surface area contributed by atoms with E-state index in [-0.39, 0.29) is 41.6 Å². The van der Waals surface area contributed by atoms with Gasteiger partial charge >= 0.3 is 18.0 Å². The van der Waals surface area contributed by atoms with Crippen LogP contribution in [-0.2, 0) is 19.1 Å². The number of unbranched alkanes of at least 4 members (excludes halogenated alkanes) is 1. The first-order chi connectivity index (χ1) is 25.0. The van der Waals surface area contributed by atoms with Crippen LogP contribution in [0.3, 0.4) is 0 Å². The highest BCUT2D eigenvalue weighted by Crippen LogP contribution is 2.42. The number of carbonyl (C=O) groups excluding carboxylic acids is 4. The molecule has 2 heterocycles. The first kappa shape index (κ1) is 40.5. The van der Waals surface area contributed by atoms with E-state index in [1.165, 1.54) is 25.3 Å². The molecule has 1 atom stereocenters. The number of ether oxygens (including phenoxy) is 1. The number of hydrogen-bond donors (Lipinski definition) is 4. The maximum atomic E-state index is 14.4. The van der Waals surface area contributed by atoms with Gasteiger partial charge in [-0.1, -0.05) is 36.4 Å². The second-order valence-corrected chi connectivity index (χ2v) is 12.8. The number of likely N-dealkylation sites (N-methyl/N-ethyl adjacent to an activating group) is 2. The standard InChI is InChI=1S/C38H45N7O7.ClH/c1-42-19-21-44(22-20-42)24-32(46)43(2)28-15-13-27(14-16-28)40-34(25-9-5-4-6-10-25)33-29-17-12-26(36(48)49)23-31(29)45(35(33)47)38(51)41-30(37(50)52-3)11-7-8-18-39;/h4-6,9-10,12-17,23,30,40H,7-8,11,18-22,24,39H2,1-3H3,(H,41,51)(H,48,49);1H/b34-33-;. The van der Waals surface area contributed by atoms with Gasteiger partial charge in [-0.2, -0.15) is 0 Å². The molecule has 1 unspecified atom stereocenters. The van der Waals surface area contributed by atoms with Gasteiger partial charge in [-0.05, 0) is 74.8 Å². The highest BCUT2D eigenvalue weighted by atomic mass is 35.5. The van der Waals surface area contributed by atoms with Crippen LogP contribution in [-0.4, -0.2) is 111 Å². The van der Waals surface area contributed by atoms with Crippen molar-refractivity contribution in [1.82, 2.24) is 15.1 Å².